The van der Waals surface area contributed by atoms with Crippen molar-refractivity contribution < 1.29 is 18.0 Å². The molecule has 1 aliphatic heterocycles. The highest BCUT2D eigenvalue weighted by molar-refractivity contribution is 6.31. The Hall–Kier alpha value is -2.02. The molecule has 0 spiro atoms. The fraction of sp³-hybridized carbons (Fsp3) is 0.412. The summed E-state index contributed by atoms with van der Waals surface area (Å²) in [4.78, 5) is 13.1. The molecule has 1 aliphatic rings. The van der Waals surface area contributed by atoms with Crippen molar-refractivity contribution in [2.24, 2.45) is 7.05 Å². The van der Waals surface area contributed by atoms with E-state index in [0.717, 1.165) is 4.90 Å². The third-order valence-electron chi connectivity index (χ3n) is 4.75. The van der Waals surface area contributed by atoms with Gasteiger partial charge in [-0.25, -0.2) is 0 Å². The lowest BCUT2D eigenvalue weighted by atomic mass is 9.93. The predicted molar refractivity (Wildman–Crippen MR) is 87.0 cm³/mol. The zero-order valence-electron chi connectivity index (χ0n) is 13.9. The molecule has 0 aliphatic carbocycles. The molecule has 0 N–H and O–H groups in total. The van der Waals surface area contributed by atoms with E-state index in [1.807, 2.05) is 0 Å². The van der Waals surface area contributed by atoms with Crippen LogP contribution in [0.15, 0.2) is 30.5 Å². The molecule has 0 radical (unpaired) electrons. The molecule has 25 heavy (non-hydrogen) atoms. The van der Waals surface area contributed by atoms with Crippen molar-refractivity contribution in [1.29, 1.82) is 0 Å². The summed E-state index contributed by atoms with van der Waals surface area (Å²) < 4.78 is 41.3. The van der Waals surface area contributed by atoms with Crippen LogP contribution in [0.3, 0.4) is 0 Å². The first-order valence-corrected chi connectivity index (χ1v) is 8.09. The van der Waals surface area contributed by atoms with Gasteiger partial charge >= 0.3 is 12.1 Å². The van der Waals surface area contributed by atoms with Gasteiger partial charge in [-0.15, -0.1) is 0 Å². The van der Waals surface area contributed by atoms with Crippen LogP contribution in [0.4, 0.5) is 13.2 Å². The van der Waals surface area contributed by atoms with Gasteiger partial charge in [-0.2, -0.15) is 18.3 Å². The van der Waals surface area contributed by atoms with Crippen molar-refractivity contribution in [1.82, 2.24) is 14.7 Å². The van der Waals surface area contributed by atoms with Crippen LogP contribution in [-0.2, 0) is 23.8 Å². The molecule has 1 atom stereocenters. The Morgan fingerprint density at radius 1 is 1.32 bits per heavy atom. The second-order valence-electron chi connectivity index (χ2n) is 6.60. The van der Waals surface area contributed by atoms with Gasteiger partial charge < -0.3 is 4.90 Å². The Kier molecular flexibility index (Phi) is 4.10. The molecular formula is C17H17ClF3N3O. The van der Waals surface area contributed by atoms with Crippen LogP contribution in [0.1, 0.15) is 36.7 Å². The van der Waals surface area contributed by atoms with Crippen LogP contribution in [-0.4, -0.2) is 26.8 Å². The summed E-state index contributed by atoms with van der Waals surface area (Å²) in [5, 5.41) is 4.39. The van der Waals surface area contributed by atoms with E-state index in [9.17, 15) is 18.0 Å². The number of carbonyl (C=O) groups is 1. The number of rotatable bonds is 2. The Morgan fingerprint density at radius 2 is 1.96 bits per heavy atom. The molecule has 1 aromatic carbocycles. The second kappa shape index (κ2) is 5.76. The number of amides is 1. The largest absolute Gasteiger partial charge is 0.471 e. The molecule has 1 amide bonds. The van der Waals surface area contributed by atoms with Gasteiger partial charge in [0.1, 0.15) is 0 Å². The highest BCUT2D eigenvalue weighted by Crippen LogP contribution is 2.49. The Morgan fingerprint density at radius 3 is 2.52 bits per heavy atom. The Balaban J connectivity index is 2.13. The molecule has 0 saturated carbocycles. The van der Waals surface area contributed by atoms with Crippen molar-refractivity contribution in [3.05, 3.63) is 52.3 Å². The quantitative estimate of drug-likeness (QED) is 0.800. The fourth-order valence-corrected chi connectivity index (χ4v) is 3.83. The number of nitrogens with zero attached hydrogens (tertiary/aromatic N) is 3. The van der Waals surface area contributed by atoms with E-state index >= 15 is 0 Å². The molecule has 3 rings (SSSR count). The summed E-state index contributed by atoms with van der Waals surface area (Å²) in [7, 11) is 1.67. The van der Waals surface area contributed by atoms with Crippen molar-refractivity contribution in [3.8, 4) is 0 Å². The molecule has 0 saturated heterocycles. The van der Waals surface area contributed by atoms with Gasteiger partial charge in [0, 0.05) is 13.5 Å². The Labute approximate surface area is 148 Å². The van der Waals surface area contributed by atoms with Crippen LogP contribution in [0.5, 0.6) is 0 Å². The summed E-state index contributed by atoms with van der Waals surface area (Å²) in [6, 6.07) is 6.27. The van der Waals surface area contributed by atoms with Crippen molar-refractivity contribution in [2.45, 2.75) is 38.0 Å². The van der Waals surface area contributed by atoms with E-state index in [-0.39, 0.29) is 6.42 Å². The first-order chi connectivity index (χ1) is 11.5. The van der Waals surface area contributed by atoms with Gasteiger partial charge in [-0.05, 0) is 25.0 Å². The van der Waals surface area contributed by atoms with Gasteiger partial charge in [-0.3, -0.25) is 9.48 Å². The number of carbonyl (C=O) groups excluding carboxylic acids is 1. The standard InChI is InChI=1S/C17H17ClF3N3O/c1-16(2)11-7-5-4-6-10(11)13(24(16)15(25)17(19,20)21)8-14-12(18)9-22-23(14)3/h4-7,9,13H,8H2,1-3H3. The van der Waals surface area contributed by atoms with Crippen molar-refractivity contribution >= 4 is 17.5 Å². The number of halogens is 4. The minimum Gasteiger partial charge on any atom is -0.318 e. The zero-order chi connectivity index (χ0) is 18.6. The molecule has 2 heterocycles. The molecule has 8 heteroatoms. The van der Waals surface area contributed by atoms with Gasteiger partial charge in [-0.1, -0.05) is 35.9 Å². The fourth-order valence-electron chi connectivity index (χ4n) is 3.59. The topological polar surface area (TPSA) is 38.1 Å². The first kappa shape index (κ1) is 17.8. The number of aryl methyl sites for hydroxylation is 1. The normalized spacial score (nSPS) is 19.2. The van der Waals surface area contributed by atoms with Gasteiger partial charge in [0.05, 0.1) is 28.5 Å². The SMILES string of the molecule is Cn1ncc(Cl)c1CC1c2ccccc2C(C)(C)N1C(=O)C(F)(F)F. The number of aromatic nitrogens is 2. The summed E-state index contributed by atoms with van der Waals surface area (Å²) >= 11 is 6.13. The van der Waals surface area contributed by atoms with E-state index in [4.69, 9.17) is 11.6 Å². The third kappa shape index (κ3) is 2.80. The summed E-state index contributed by atoms with van der Waals surface area (Å²) in [6.45, 7) is 3.25. The first-order valence-electron chi connectivity index (χ1n) is 7.71. The number of fused-ring (bicyclic) bond motifs is 1. The van der Waals surface area contributed by atoms with Crippen LogP contribution < -0.4 is 0 Å². The molecule has 0 fully saturated rings. The molecule has 2 aromatic rings. The number of hydrogen-bond acceptors (Lipinski definition) is 2. The van der Waals surface area contributed by atoms with Gasteiger partial charge in [0.15, 0.2) is 0 Å². The summed E-state index contributed by atoms with van der Waals surface area (Å²) in [6.07, 6.45) is -3.36. The maximum atomic E-state index is 13.2. The highest BCUT2D eigenvalue weighted by Gasteiger charge is 2.54. The zero-order valence-corrected chi connectivity index (χ0v) is 14.7. The highest BCUT2D eigenvalue weighted by atomic mass is 35.5. The van der Waals surface area contributed by atoms with Crippen molar-refractivity contribution in [3.63, 3.8) is 0 Å². The average Bonchev–Trinajstić information content (AvgIpc) is 2.95. The van der Waals surface area contributed by atoms with Crippen LogP contribution >= 0.6 is 11.6 Å². The lowest BCUT2D eigenvalue weighted by molar-refractivity contribution is -0.193. The minimum atomic E-state index is -4.95. The maximum absolute atomic E-state index is 13.2. The second-order valence-corrected chi connectivity index (χ2v) is 7.01. The minimum absolute atomic E-state index is 0.150. The predicted octanol–water partition coefficient (Wildman–Crippen LogP) is 4.00. The lowest BCUT2D eigenvalue weighted by Crippen LogP contribution is -2.49. The maximum Gasteiger partial charge on any atom is 0.471 e. The molecular weight excluding hydrogens is 355 g/mol. The van der Waals surface area contributed by atoms with Crippen LogP contribution in [0.2, 0.25) is 5.02 Å². The van der Waals surface area contributed by atoms with Crippen molar-refractivity contribution in [2.75, 3.05) is 0 Å². The van der Waals surface area contributed by atoms with E-state index in [2.05, 4.69) is 5.10 Å². The molecule has 0 bridgehead atoms. The third-order valence-corrected chi connectivity index (χ3v) is 5.07. The van der Waals surface area contributed by atoms with Crippen LogP contribution in [0.25, 0.3) is 0 Å². The summed E-state index contributed by atoms with van der Waals surface area (Å²) in [5.74, 6) is -1.85. The van der Waals surface area contributed by atoms with E-state index in [1.54, 1.807) is 45.2 Å². The molecule has 1 unspecified atom stereocenters. The molecule has 134 valence electrons. The van der Waals surface area contributed by atoms with Crippen LogP contribution in [0, 0.1) is 0 Å². The molecule has 4 nitrogen and oxygen atoms in total. The monoisotopic (exact) mass is 371 g/mol. The summed E-state index contributed by atoms with van der Waals surface area (Å²) in [5.41, 5.74) is 0.899. The number of alkyl halides is 3. The average molecular weight is 372 g/mol. The van der Waals surface area contributed by atoms with E-state index < -0.39 is 23.7 Å². The number of hydrogen-bond donors (Lipinski definition) is 0. The molecule has 1 aromatic heterocycles. The van der Waals surface area contributed by atoms with E-state index in [1.165, 1.54) is 10.9 Å². The number of benzene rings is 1. The lowest BCUT2D eigenvalue weighted by Gasteiger charge is -2.37. The smallest absolute Gasteiger partial charge is 0.318 e. The Bertz CT molecular complexity index is 809. The van der Waals surface area contributed by atoms with Gasteiger partial charge in [0.25, 0.3) is 0 Å². The van der Waals surface area contributed by atoms with Gasteiger partial charge in [0.2, 0.25) is 0 Å². The van der Waals surface area contributed by atoms with E-state index in [0.29, 0.717) is 21.8 Å².